The van der Waals surface area contributed by atoms with E-state index < -0.39 is 15.1 Å². The molecule has 0 bridgehead atoms. The maximum absolute atomic E-state index is 12.8. The molecule has 0 unspecified atom stereocenters. The van der Waals surface area contributed by atoms with Gasteiger partial charge in [-0.05, 0) is 41.3 Å². The maximum atomic E-state index is 12.8. The number of benzene rings is 3. The first kappa shape index (κ1) is 19.5. The molecule has 0 saturated carbocycles. The Hall–Kier alpha value is -2.86. The predicted octanol–water partition coefficient (Wildman–Crippen LogP) is 3.99. The lowest BCUT2D eigenvalue weighted by molar-refractivity contribution is 0.186. The van der Waals surface area contributed by atoms with Gasteiger partial charge in [-0.3, -0.25) is 0 Å². The van der Waals surface area contributed by atoms with Gasteiger partial charge in [0.05, 0.1) is 10.1 Å². The van der Waals surface area contributed by atoms with Crippen LogP contribution in [0.3, 0.4) is 0 Å². The lowest BCUT2D eigenvalue weighted by atomic mass is 10.0. The summed E-state index contributed by atoms with van der Waals surface area (Å²) in [5.41, 5.74) is 1.07. The molecule has 1 aliphatic rings. The Bertz CT molecular complexity index is 1100. The number of piperidine rings is 1. The highest BCUT2D eigenvalue weighted by Gasteiger charge is 2.32. The van der Waals surface area contributed by atoms with Crippen LogP contribution in [0.2, 0.25) is 0 Å². The molecule has 29 heavy (non-hydrogen) atoms. The van der Waals surface area contributed by atoms with Crippen molar-refractivity contribution in [1.29, 1.82) is 0 Å². The molecule has 0 aliphatic carbocycles. The summed E-state index contributed by atoms with van der Waals surface area (Å²) in [6.45, 7) is 1.33. The van der Waals surface area contributed by atoms with E-state index in [0.29, 0.717) is 37.4 Å². The minimum absolute atomic E-state index is 0.145. The number of nitrogens with zero attached hydrogens (tertiary/aromatic N) is 1. The number of fused-ring (bicyclic) bond motifs is 1. The van der Waals surface area contributed by atoms with Crippen molar-refractivity contribution < 1.29 is 13.2 Å². The van der Waals surface area contributed by atoms with Crippen molar-refractivity contribution in [3.63, 3.8) is 0 Å². The zero-order valence-corrected chi connectivity index (χ0v) is 16.9. The van der Waals surface area contributed by atoms with Crippen molar-refractivity contribution >= 4 is 26.6 Å². The smallest absolute Gasteiger partial charge is 0.317 e. The lowest BCUT2D eigenvalue weighted by Gasteiger charge is -2.31. The molecule has 0 atom stereocenters. The molecular formula is C23H24N2O3S. The molecule has 3 aromatic carbocycles. The van der Waals surface area contributed by atoms with E-state index in [-0.39, 0.29) is 6.03 Å². The van der Waals surface area contributed by atoms with Gasteiger partial charge in [0.25, 0.3) is 0 Å². The molecular weight excluding hydrogens is 384 g/mol. The van der Waals surface area contributed by atoms with Gasteiger partial charge in [0.2, 0.25) is 0 Å². The summed E-state index contributed by atoms with van der Waals surface area (Å²) in [4.78, 5) is 14.7. The standard InChI is InChI=1S/C23H24N2O3S/c26-23(24-17-19-9-6-8-18-7-4-5-12-22(18)19)25-15-13-21(14-16-25)29(27,28)20-10-2-1-3-11-20/h1-12,21H,13-17H2,(H,24,26). The number of nitrogens with one attached hydrogen (secondary N) is 1. The van der Waals surface area contributed by atoms with Crippen LogP contribution < -0.4 is 5.32 Å². The van der Waals surface area contributed by atoms with E-state index in [4.69, 9.17) is 0 Å². The minimum Gasteiger partial charge on any atom is -0.334 e. The molecule has 0 spiro atoms. The van der Waals surface area contributed by atoms with Gasteiger partial charge in [0.15, 0.2) is 9.84 Å². The number of sulfone groups is 1. The summed E-state index contributed by atoms with van der Waals surface area (Å²) in [5, 5.41) is 4.82. The largest absolute Gasteiger partial charge is 0.334 e. The van der Waals surface area contributed by atoms with Gasteiger partial charge in [0.1, 0.15) is 0 Å². The van der Waals surface area contributed by atoms with Gasteiger partial charge in [-0.15, -0.1) is 0 Å². The second-order valence-corrected chi connectivity index (χ2v) is 9.57. The molecule has 1 N–H and O–H groups in total. The molecule has 6 heteroatoms. The van der Waals surface area contributed by atoms with E-state index >= 15 is 0 Å². The first-order valence-corrected chi connectivity index (χ1v) is 11.4. The Balaban J connectivity index is 1.36. The van der Waals surface area contributed by atoms with Gasteiger partial charge < -0.3 is 10.2 Å². The first-order chi connectivity index (χ1) is 14.1. The fourth-order valence-electron chi connectivity index (χ4n) is 3.90. The first-order valence-electron chi connectivity index (χ1n) is 9.84. The molecule has 3 aromatic rings. The molecule has 0 radical (unpaired) electrons. The fraction of sp³-hybridized carbons (Fsp3) is 0.261. The van der Waals surface area contributed by atoms with E-state index in [1.165, 1.54) is 0 Å². The number of hydrogen-bond donors (Lipinski definition) is 1. The van der Waals surface area contributed by atoms with Crippen molar-refractivity contribution in [1.82, 2.24) is 10.2 Å². The number of urea groups is 1. The van der Waals surface area contributed by atoms with Crippen LogP contribution >= 0.6 is 0 Å². The monoisotopic (exact) mass is 408 g/mol. The zero-order valence-electron chi connectivity index (χ0n) is 16.1. The van der Waals surface area contributed by atoms with E-state index in [1.807, 2.05) is 30.3 Å². The number of hydrogen-bond acceptors (Lipinski definition) is 3. The quantitative estimate of drug-likeness (QED) is 0.710. The van der Waals surface area contributed by atoms with Gasteiger partial charge in [-0.1, -0.05) is 60.7 Å². The maximum Gasteiger partial charge on any atom is 0.317 e. The third-order valence-corrected chi connectivity index (χ3v) is 7.83. The second kappa shape index (κ2) is 8.25. The Morgan fingerprint density at radius 3 is 2.31 bits per heavy atom. The normalized spacial score (nSPS) is 15.4. The highest BCUT2D eigenvalue weighted by atomic mass is 32.2. The minimum atomic E-state index is -3.35. The van der Waals surface area contributed by atoms with Gasteiger partial charge >= 0.3 is 6.03 Å². The van der Waals surface area contributed by atoms with E-state index in [0.717, 1.165) is 16.3 Å². The van der Waals surface area contributed by atoms with Crippen molar-refractivity contribution in [2.24, 2.45) is 0 Å². The molecule has 1 aliphatic heterocycles. The molecule has 1 saturated heterocycles. The molecule has 1 fully saturated rings. The van der Waals surface area contributed by atoms with Crippen LogP contribution in [0.15, 0.2) is 77.7 Å². The number of rotatable bonds is 4. The Morgan fingerprint density at radius 1 is 0.897 bits per heavy atom. The van der Waals surface area contributed by atoms with Crippen molar-refractivity contribution in [2.75, 3.05) is 13.1 Å². The summed E-state index contributed by atoms with van der Waals surface area (Å²) < 4.78 is 25.6. The molecule has 150 valence electrons. The molecule has 0 aromatic heterocycles. The fourth-order valence-corrected chi connectivity index (χ4v) is 5.65. The van der Waals surface area contributed by atoms with E-state index in [9.17, 15) is 13.2 Å². The molecule has 2 amide bonds. The van der Waals surface area contributed by atoms with Crippen LogP contribution in [0.1, 0.15) is 18.4 Å². The summed E-state index contributed by atoms with van der Waals surface area (Å²) in [5.74, 6) is 0. The van der Waals surface area contributed by atoms with E-state index in [2.05, 4.69) is 23.5 Å². The molecule has 4 rings (SSSR count). The highest BCUT2D eigenvalue weighted by molar-refractivity contribution is 7.92. The van der Waals surface area contributed by atoms with Crippen molar-refractivity contribution in [3.05, 3.63) is 78.4 Å². The molecule has 5 nitrogen and oxygen atoms in total. The number of amides is 2. The van der Waals surface area contributed by atoms with Gasteiger partial charge in [-0.25, -0.2) is 13.2 Å². The number of carbonyl (C=O) groups is 1. The summed E-state index contributed by atoms with van der Waals surface area (Å²) in [6, 6.07) is 22.6. The van der Waals surface area contributed by atoms with E-state index in [1.54, 1.807) is 29.2 Å². The second-order valence-electron chi connectivity index (χ2n) is 7.34. The van der Waals surface area contributed by atoms with Crippen LogP contribution in [0.5, 0.6) is 0 Å². The Kier molecular flexibility index (Phi) is 5.53. The van der Waals surface area contributed by atoms with Gasteiger partial charge in [0, 0.05) is 19.6 Å². The third-order valence-electron chi connectivity index (χ3n) is 5.55. The molecule has 1 heterocycles. The topological polar surface area (TPSA) is 66.5 Å². The van der Waals surface area contributed by atoms with Crippen molar-refractivity contribution in [3.8, 4) is 0 Å². The van der Waals surface area contributed by atoms with Crippen molar-refractivity contribution in [2.45, 2.75) is 29.5 Å². The Morgan fingerprint density at radius 2 is 1.55 bits per heavy atom. The van der Waals surface area contributed by atoms with Crippen LogP contribution in [0.25, 0.3) is 10.8 Å². The highest BCUT2D eigenvalue weighted by Crippen LogP contribution is 2.24. The predicted molar refractivity (Wildman–Crippen MR) is 114 cm³/mol. The van der Waals surface area contributed by atoms with Crippen LogP contribution in [-0.2, 0) is 16.4 Å². The number of carbonyl (C=O) groups excluding carboxylic acids is 1. The average Bonchev–Trinajstić information content (AvgIpc) is 2.78. The third kappa shape index (κ3) is 4.12. The Labute approximate surface area is 171 Å². The summed E-state index contributed by atoms with van der Waals surface area (Å²) >= 11 is 0. The zero-order chi connectivity index (χ0) is 20.3. The van der Waals surface area contributed by atoms with Crippen LogP contribution in [0.4, 0.5) is 4.79 Å². The van der Waals surface area contributed by atoms with Gasteiger partial charge in [-0.2, -0.15) is 0 Å². The summed E-state index contributed by atoms with van der Waals surface area (Å²) in [7, 11) is -3.35. The SMILES string of the molecule is O=C(NCc1cccc2ccccc12)N1CCC(S(=O)(=O)c2ccccc2)CC1. The average molecular weight is 409 g/mol. The van der Waals surface area contributed by atoms with Crippen LogP contribution in [0, 0.1) is 0 Å². The number of likely N-dealkylation sites (tertiary alicyclic amines) is 1. The lowest BCUT2D eigenvalue weighted by Crippen LogP contribution is -2.46. The summed E-state index contributed by atoms with van der Waals surface area (Å²) in [6.07, 6.45) is 0.915. The van der Waals surface area contributed by atoms with Crippen LogP contribution in [-0.4, -0.2) is 37.7 Å².